The number of hydrogen-bond donors (Lipinski definition) is 0. The monoisotopic (exact) mass is 280 g/mol. The molecule has 0 N–H and O–H groups in total. The zero-order valence-electron chi connectivity index (χ0n) is 8.86. The Hall–Kier alpha value is -1.22. The molecule has 0 aliphatic rings. The van der Waals surface area contributed by atoms with Gasteiger partial charge in [0, 0.05) is 16.5 Å². The Morgan fingerprint density at radius 2 is 2.00 bits per heavy atom. The van der Waals surface area contributed by atoms with Gasteiger partial charge in [-0.1, -0.05) is 34.1 Å². The molecule has 0 aliphatic heterocycles. The number of aldehydes is 1. The third kappa shape index (κ3) is 4.11. The molecule has 0 radical (unpaired) electrons. The molecule has 3 heteroatoms. The topological polar surface area (TPSA) is 34.1 Å². The number of benzene rings is 1. The highest BCUT2D eigenvalue weighted by molar-refractivity contribution is 9.10. The third-order valence-corrected chi connectivity index (χ3v) is 2.79. The third-order valence-electron chi connectivity index (χ3n) is 2.10. The van der Waals surface area contributed by atoms with Crippen molar-refractivity contribution in [2.45, 2.75) is 19.3 Å². The van der Waals surface area contributed by atoms with Crippen molar-refractivity contribution >= 4 is 28.0 Å². The van der Waals surface area contributed by atoms with Gasteiger partial charge >= 0.3 is 0 Å². The average molecular weight is 281 g/mol. The van der Waals surface area contributed by atoms with Crippen LogP contribution in [0.2, 0.25) is 0 Å². The lowest BCUT2D eigenvalue weighted by Crippen LogP contribution is -1.94. The second-order valence-electron chi connectivity index (χ2n) is 3.34. The molecule has 0 amide bonds. The molecule has 16 heavy (non-hydrogen) atoms. The number of ketones is 1. The zero-order chi connectivity index (χ0) is 11.8. The average Bonchev–Trinajstić information content (AvgIpc) is 2.29. The lowest BCUT2D eigenvalue weighted by atomic mass is 10.1. The van der Waals surface area contributed by atoms with E-state index >= 15 is 0 Å². The molecule has 0 aromatic heterocycles. The summed E-state index contributed by atoms with van der Waals surface area (Å²) >= 11 is 3.33. The summed E-state index contributed by atoms with van der Waals surface area (Å²) in [6.07, 6.45) is 6.37. The number of rotatable bonds is 6. The molecule has 84 valence electrons. The number of allylic oxidation sites excluding steroid dienone is 2. The first kappa shape index (κ1) is 12.8. The molecule has 0 fully saturated rings. The largest absolute Gasteiger partial charge is 0.303 e. The molecule has 1 aromatic carbocycles. The van der Waals surface area contributed by atoms with Gasteiger partial charge < -0.3 is 4.79 Å². The Bertz CT molecular complexity index is 397. The molecular weight excluding hydrogens is 268 g/mol. The van der Waals surface area contributed by atoms with E-state index in [2.05, 4.69) is 15.9 Å². The van der Waals surface area contributed by atoms with Gasteiger partial charge in [0.1, 0.15) is 6.29 Å². The van der Waals surface area contributed by atoms with Gasteiger partial charge in [-0.15, -0.1) is 0 Å². The van der Waals surface area contributed by atoms with Crippen LogP contribution in [0.15, 0.2) is 40.9 Å². The maximum Gasteiger partial charge on any atom is 0.186 e. The van der Waals surface area contributed by atoms with Gasteiger partial charge in [0.25, 0.3) is 0 Å². The van der Waals surface area contributed by atoms with Gasteiger partial charge in [-0.2, -0.15) is 0 Å². The van der Waals surface area contributed by atoms with E-state index in [0.717, 1.165) is 23.6 Å². The van der Waals surface area contributed by atoms with Crippen molar-refractivity contribution in [3.05, 3.63) is 46.5 Å². The lowest BCUT2D eigenvalue weighted by Gasteiger charge is -1.98. The van der Waals surface area contributed by atoms with Crippen LogP contribution in [-0.2, 0) is 4.79 Å². The van der Waals surface area contributed by atoms with E-state index in [0.29, 0.717) is 12.0 Å². The first-order chi connectivity index (χ1) is 7.75. The van der Waals surface area contributed by atoms with E-state index in [9.17, 15) is 9.59 Å². The van der Waals surface area contributed by atoms with Crippen LogP contribution in [-0.4, -0.2) is 12.1 Å². The van der Waals surface area contributed by atoms with E-state index < -0.39 is 0 Å². The van der Waals surface area contributed by atoms with Crippen LogP contribution in [0.3, 0.4) is 0 Å². The Kier molecular flexibility index (Phi) is 5.72. The number of carbonyl (C=O) groups is 2. The summed E-state index contributed by atoms with van der Waals surface area (Å²) in [6, 6.07) is 7.32. The van der Waals surface area contributed by atoms with Crippen molar-refractivity contribution < 1.29 is 9.59 Å². The standard InChI is InChI=1S/C13H13BrO2/c14-12-8-5-4-7-11(12)13(16)9-3-1-2-6-10-15/h3-5,7-10H,1-2,6H2/b9-3+. The maximum absolute atomic E-state index is 11.7. The lowest BCUT2D eigenvalue weighted by molar-refractivity contribution is -0.107. The van der Waals surface area contributed by atoms with Gasteiger partial charge in [0.15, 0.2) is 5.78 Å². The van der Waals surface area contributed by atoms with Crippen molar-refractivity contribution in [2.75, 3.05) is 0 Å². The number of carbonyl (C=O) groups excluding carboxylic acids is 2. The minimum atomic E-state index is -0.0152. The van der Waals surface area contributed by atoms with Crippen molar-refractivity contribution in [3.63, 3.8) is 0 Å². The zero-order valence-corrected chi connectivity index (χ0v) is 10.4. The Morgan fingerprint density at radius 3 is 2.69 bits per heavy atom. The normalized spacial score (nSPS) is 10.6. The fourth-order valence-electron chi connectivity index (χ4n) is 1.26. The molecule has 0 bridgehead atoms. The van der Waals surface area contributed by atoms with Gasteiger partial charge in [-0.3, -0.25) is 4.79 Å². The van der Waals surface area contributed by atoms with Crippen molar-refractivity contribution in [1.82, 2.24) is 0 Å². The number of unbranched alkanes of at least 4 members (excludes halogenated alkanes) is 2. The second kappa shape index (κ2) is 7.12. The van der Waals surface area contributed by atoms with Crippen molar-refractivity contribution in [1.29, 1.82) is 0 Å². The molecular formula is C13H13BrO2. The Morgan fingerprint density at radius 1 is 1.25 bits per heavy atom. The van der Waals surface area contributed by atoms with Gasteiger partial charge in [0.2, 0.25) is 0 Å². The summed E-state index contributed by atoms with van der Waals surface area (Å²) in [4.78, 5) is 21.8. The van der Waals surface area contributed by atoms with E-state index in [-0.39, 0.29) is 5.78 Å². The molecule has 1 aromatic rings. The molecule has 0 unspecified atom stereocenters. The predicted molar refractivity (Wildman–Crippen MR) is 67.5 cm³/mol. The van der Waals surface area contributed by atoms with E-state index in [1.54, 1.807) is 12.1 Å². The predicted octanol–water partition coefficient (Wildman–Crippen LogP) is 3.56. The molecule has 0 saturated heterocycles. The molecule has 1 rings (SSSR count). The molecule has 0 heterocycles. The van der Waals surface area contributed by atoms with Crippen molar-refractivity contribution in [2.24, 2.45) is 0 Å². The highest BCUT2D eigenvalue weighted by Gasteiger charge is 2.04. The first-order valence-electron chi connectivity index (χ1n) is 5.14. The Labute approximate surface area is 103 Å². The molecule has 0 saturated carbocycles. The minimum Gasteiger partial charge on any atom is -0.303 e. The van der Waals surface area contributed by atoms with Crippen molar-refractivity contribution in [3.8, 4) is 0 Å². The molecule has 0 aliphatic carbocycles. The first-order valence-corrected chi connectivity index (χ1v) is 5.94. The number of hydrogen-bond acceptors (Lipinski definition) is 2. The van der Waals surface area contributed by atoms with Crippen LogP contribution in [0.25, 0.3) is 0 Å². The van der Waals surface area contributed by atoms with Crippen LogP contribution in [0.1, 0.15) is 29.6 Å². The van der Waals surface area contributed by atoms with E-state index in [4.69, 9.17) is 0 Å². The summed E-state index contributed by atoms with van der Waals surface area (Å²) in [5.41, 5.74) is 0.661. The van der Waals surface area contributed by atoms with Crippen LogP contribution in [0, 0.1) is 0 Å². The minimum absolute atomic E-state index is 0.0152. The summed E-state index contributed by atoms with van der Waals surface area (Å²) in [5.74, 6) is -0.0152. The molecule has 0 spiro atoms. The SMILES string of the molecule is O=CCCC/C=C/C(=O)c1ccccc1Br. The molecule has 2 nitrogen and oxygen atoms in total. The fourth-order valence-corrected chi connectivity index (χ4v) is 1.74. The second-order valence-corrected chi connectivity index (χ2v) is 4.20. The smallest absolute Gasteiger partial charge is 0.186 e. The summed E-state index contributed by atoms with van der Waals surface area (Å²) in [6.45, 7) is 0. The Balaban J connectivity index is 2.52. The van der Waals surface area contributed by atoms with Crippen LogP contribution < -0.4 is 0 Å². The summed E-state index contributed by atoms with van der Waals surface area (Å²) in [5, 5.41) is 0. The fraction of sp³-hybridized carbons (Fsp3) is 0.231. The van der Waals surface area contributed by atoms with E-state index in [1.807, 2.05) is 24.3 Å². The summed E-state index contributed by atoms with van der Waals surface area (Å²) < 4.78 is 0.803. The van der Waals surface area contributed by atoms with Crippen LogP contribution in [0.4, 0.5) is 0 Å². The quantitative estimate of drug-likeness (QED) is 0.346. The maximum atomic E-state index is 11.7. The number of halogens is 1. The highest BCUT2D eigenvalue weighted by atomic mass is 79.9. The van der Waals surface area contributed by atoms with Crippen LogP contribution >= 0.6 is 15.9 Å². The van der Waals surface area contributed by atoms with Crippen LogP contribution in [0.5, 0.6) is 0 Å². The van der Waals surface area contributed by atoms with Gasteiger partial charge in [0.05, 0.1) is 0 Å². The highest BCUT2D eigenvalue weighted by Crippen LogP contribution is 2.16. The van der Waals surface area contributed by atoms with E-state index in [1.165, 1.54) is 0 Å². The van der Waals surface area contributed by atoms with Gasteiger partial charge in [-0.25, -0.2) is 0 Å². The molecule has 0 atom stereocenters. The summed E-state index contributed by atoms with van der Waals surface area (Å²) in [7, 11) is 0. The van der Waals surface area contributed by atoms with Gasteiger partial charge in [-0.05, 0) is 31.1 Å².